The number of likely N-dealkylation sites (N-methyl/N-ethyl adjacent to an activating group) is 1. The molecule has 0 spiro atoms. The Morgan fingerprint density at radius 3 is 2.76 bits per heavy atom. The van der Waals surface area contributed by atoms with E-state index in [0.717, 1.165) is 19.4 Å². The Bertz CT molecular complexity index is 538. The monoisotopic (exact) mass is 292 g/mol. The molecule has 2 rings (SSSR count). The lowest BCUT2D eigenvalue weighted by atomic mass is 10.1. The summed E-state index contributed by atoms with van der Waals surface area (Å²) < 4.78 is 5.55. The number of carboxylic acid groups (broad SMARTS) is 1. The number of aryl methyl sites for hydroxylation is 1. The number of aromatic carboxylic acids is 1. The van der Waals surface area contributed by atoms with Crippen molar-refractivity contribution in [2.75, 3.05) is 19.7 Å². The summed E-state index contributed by atoms with van der Waals surface area (Å²) in [6.07, 6.45) is 2.09. The molecule has 1 aromatic heterocycles. The van der Waals surface area contributed by atoms with Crippen LogP contribution in [0.15, 0.2) is 12.1 Å². The number of amides is 1. The van der Waals surface area contributed by atoms with E-state index in [1.165, 1.54) is 12.1 Å². The van der Waals surface area contributed by atoms with E-state index in [0.29, 0.717) is 18.8 Å². The highest BCUT2D eigenvalue weighted by Gasteiger charge is 2.23. The molecule has 1 N–H and O–H groups in total. The largest absolute Gasteiger partial charge is 0.478 e. The highest BCUT2D eigenvalue weighted by atomic mass is 16.5. The van der Waals surface area contributed by atoms with Crippen molar-refractivity contribution in [3.05, 3.63) is 29.1 Å². The van der Waals surface area contributed by atoms with E-state index in [2.05, 4.69) is 4.98 Å². The molecule has 6 heteroatoms. The number of pyridine rings is 1. The Kier molecular flexibility index (Phi) is 4.90. The van der Waals surface area contributed by atoms with Crippen LogP contribution in [0.1, 0.15) is 46.3 Å². The van der Waals surface area contributed by atoms with Gasteiger partial charge in [-0.1, -0.05) is 0 Å². The third-order valence-corrected chi connectivity index (χ3v) is 3.65. The molecule has 1 aromatic rings. The maximum Gasteiger partial charge on any atom is 0.337 e. The fourth-order valence-corrected chi connectivity index (χ4v) is 2.46. The van der Waals surface area contributed by atoms with Gasteiger partial charge < -0.3 is 14.7 Å². The van der Waals surface area contributed by atoms with Gasteiger partial charge in [-0.05, 0) is 38.8 Å². The van der Waals surface area contributed by atoms with Crippen molar-refractivity contribution >= 4 is 11.9 Å². The fourth-order valence-electron chi connectivity index (χ4n) is 2.46. The molecule has 0 unspecified atom stereocenters. The van der Waals surface area contributed by atoms with Crippen LogP contribution < -0.4 is 0 Å². The molecule has 1 fully saturated rings. The maximum absolute atomic E-state index is 12.5. The molecule has 114 valence electrons. The molecule has 1 atom stereocenters. The Labute approximate surface area is 123 Å². The van der Waals surface area contributed by atoms with Gasteiger partial charge in [-0.3, -0.25) is 4.79 Å². The van der Waals surface area contributed by atoms with Crippen molar-refractivity contribution in [1.29, 1.82) is 0 Å². The number of carbonyl (C=O) groups excluding carboxylic acids is 1. The molecule has 0 aliphatic carbocycles. The van der Waals surface area contributed by atoms with Gasteiger partial charge in [0.15, 0.2) is 0 Å². The van der Waals surface area contributed by atoms with Gasteiger partial charge in [0.2, 0.25) is 0 Å². The zero-order valence-corrected chi connectivity index (χ0v) is 12.3. The van der Waals surface area contributed by atoms with Crippen molar-refractivity contribution in [2.45, 2.75) is 32.8 Å². The van der Waals surface area contributed by atoms with E-state index in [9.17, 15) is 9.59 Å². The fraction of sp³-hybridized carbons (Fsp3) is 0.533. The maximum atomic E-state index is 12.5. The quantitative estimate of drug-likeness (QED) is 0.894. The molecule has 1 aliphatic rings. The molecule has 2 heterocycles. The summed E-state index contributed by atoms with van der Waals surface area (Å²) in [5.74, 6) is -1.22. The standard InChI is InChI=1S/C15H20N2O4/c1-3-17(9-11-5-4-8-21-11)14(18)13-7-6-12(15(19)20)10(2)16-13/h6-7,11H,3-5,8-9H2,1-2H3,(H,19,20)/t11-/m1/s1. The van der Waals surface area contributed by atoms with Gasteiger partial charge in [-0.25, -0.2) is 9.78 Å². The van der Waals surface area contributed by atoms with E-state index in [1.54, 1.807) is 11.8 Å². The first-order valence-corrected chi connectivity index (χ1v) is 7.14. The third kappa shape index (κ3) is 3.58. The van der Waals surface area contributed by atoms with Gasteiger partial charge in [0.1, 0.15) is 5.69 Å². The number of nitrogens with zero attached hydrogens (tertiary/aromatic N) is 2. The van der Waals surface area contributed by atoms with Gasteiger partial charge in [0.05, 0.1) is 17.4 Å². The van der Waals surface area contributed by atoms with Crippen molar-refractivity contribution in [2.24, 2.45) is 0 Å². The van der Waals surface area contributed by atoms with E-state index in [1.807, 2.05) is 6.92 Å². The first-order valence-electron chi connectivity index (χ1n) is 7.14. The zero-order chi connectivity index (χ0) is 15.4. The van der Waals surface area contributed by atoms with E-state index < -0.39 is 5.97 Å². The summed E-state index contributed by atoms with van der Waals surface area (Å²) >= 11 is 0. The second-order valence-corrected chi connectivity index (χ2v) is 5.11. The van der Waals surface area contributed by atoms with Crippen LogP contribution in [-0.2, 0) is 4.74 Å². The van der Waals surface area contributed by atoms with Gasteiger partial charge in [0, 0.05) is 19.7 Å². The van der Waals surface area contributed by atoms with Crippen LogP contribution in [0.25, 0.3) is 0 Å². The molecule has 1 amide bonds. The average Bonchev–Trinajstić information content (AvgIpc) is 2.96. The summed E-state index contributed by atoms with van der Waals surface area (Å²) in [7, 11) is 0. The SMILES string of the molecule is CCN(C[C@H]1CCCO1)C(=O)c1ccc(C(=O)O)c(C)n1. The molecule has 0 saturated carbocycles. The molecule has 0 bridgehead atoms. The van der Waals surface area contributed by atoms with Gasteiger partial charge in [-0.2, -0.15) is 0 Å². The Balaban J connectivity index is 2.13. The number of carboxylic acids is 1. The highest BCUT2D eigenvalue weighted by Crippen LogP contribution is 2.15. The van der Waals surface area contributed by atoms with Gasteiger partial charge in [-0.15, -0.1) is 0 Å². The minimum Gasteiger partial charge on any atom is -0.478 e. The topological polar surface area (TPSA) is 79.7 Å². The Hall–Kier alpha value is -1.95. The molecule has 6 nitrogen and oxygen atoms in total. The van der Waals surface area contributed by atoms with Crippen molar-refractivity contribution in [3.63, 3.8) is 0 Å². The number of aromatic nitrogens is 1. The first kappa shape index (κ1) is 15.4. The van der Waals surface area contributed by atoms with Gasteiger partial charge >= 0.3 is 5.97 Å². The second-order valence-electron chi connectivity index (χ2n) is 5.11. The van der Waals surface area contributed by atoms with Crippen molar-refractivity contribution in [1.82, 2.24) is 9.88 Å². The molecule has 1 saturated heterocycles. The summed E-state index contributed by atoms with van der Waals surface area (Å²) in [5.41, 5.74) is 0.743. The Morgan fingerprint density at radius 1 is 1.48 bits per heavy atom. The van der Waals surface area contributed by atoms with E-state index in [4.69, 9.17) is 9.84 Å². The zero-order valence-electron chi connectivity index (χ0n) is 12.3. The van der Waals surface area contributed by atoms with Gasteiger partial charge in [0.25, 0.3) is 5.91 Å². The van der Waals surface area contributed by atoms with Crippen molar-refractivity contribution in [3.8, 4) is 0 Å². The molecule has 1 aliphatic heterocycles. The third-order valence-electron chi connectivity index (χ3n) is 3.65. The van der Waals surface area contributed by atoms with Crippen LogP contribution in [0.3, 0.4) is 0 Å². The summed E-state index contributed by atoms with van der Waals surface area (Å²) in [5, 5.41) is 8.99. The predicted octanol–water partition coefficient (Wildman–Crippen LogP) is 1.73. The lowest BCUT2D eigenvalue weighted by Crippen LogP contribution is -2.37. The number of ether oxygens (including phenoxy) is 1. The summed E-state index contributed by atoms with van der Waals surface area (Å²) in [6, 6.07) is 2.90. The van der Waals surface area contributed by atoms with Crippen molar-refractivity contribution < 1.29 is 19.4 Å². The van der Waals surface area contributed by atoms with E-state index >= 15 is 0 Å². The van der Waals surface area contributed by atoms with E-state index in [-0.39, 0.29) is 23.3 Å². The minimum atomic E-state index is -1.04. The number of carbonyl (C=O) groups is 2. The number of hydrogen-bond acceptors (Lipinski definition) is 4. The second kappa shape index (κ2) is 6.67. The summed E-state index contributed by atoms with van der Waals surface area (Å²) in [4.78, 5) is 29.2. The lowest BCUT2D eigenvalue weighted by Gasteiger charge is -2.23. The Morgan fingerprint density at radius 2 is 2.24 bits per heavy atom. The first-order chi connectivity index (χ1) is 10.0. The predicted molar refractivity (Wildman–Crippen MR) is 76.5 cm³/mol. The van der Waals surface area contributed by atoms with Crippen LogP contribution in [0.5, 0.6) is 0 Å². The normalized spacial score (nSPS) is 17.7. The number of rotatable bonds is 5. The average molecular weight is 292 g/mol. The molecule has 21 heavy (non-hydrogen) atoms. The van der Waals surface area contributed by atoms with Crippen LogP contribution >= 0.6 is 0 Å². The minimum absolute atomic E-state index is 0.0910. The number of hydrogen-bond donors (Lipinski definition) is 1. The lowest BCUT2D eigenvalue weighted by molar-refractivity contribution is 0.0534. The molecule has 0 aromatic carbocycles. The van der Waals surface area contributed by atoms with Crippen LogP contribution in [0.2, 0.25) is 0 Å². The van der Waals surface area contributed by atoms with Crippen LogP contribution in [0.4, 0.5) is 0 Å². The van der Waals surface area contributed by atoms with Crippen LogP contribution in [0, 0.1) is 6.92 Å². The molecule has 0 radical (unpaired) electrons. The van der Waals surface area contributed by atoms with Crippen LogP contribution in [-0.4, -0.2) is 52.7 Å². The molecular weight excluding hydrogens is 272 g/mol. The smallest absolute Gasteiger partial charge is 0.337 e. The molecular formula is C15H20N2O4. The summed E-state index contributed by atoms with van der Waals surface area (Å²) in [6.45, 7) is 5.37. The highest BCUT2D eigenvalue weighted by molar-refractivity contribution is 5.94.